The molecule has 4 aromatic heterocycles. The number of hydrogen-bond acceptors (Lipinski definition) is 2. The highest BCUT2D eigenvalue weighted by molar-refractivity contribution is 6.05. The fourth-order valence-electron chi connectivity index (χ4n) is 4.80. The second kappa shape index (κ2) is 5.21. The number of fused-ring (bicyclic) bond motifs is 10. The quantitative estimate of drug-likeness (QED) is 0.348. The molecule has 0 N–H and O–H groups in total. The third-order valence-electron chi connectivity index (χ3n) is 6.05. The maximum Gasteiger partial charge on any atom is 0.223 e. The maximum atomic E-state index is 8.58. The molecule has 0 saturated heterocycles. The number of benzene rings is 4. The lowest BCUT2D eigenvalue weighted by molar-refractivity contribution is 1.15. The molecule has 4 heterocycles. The van der Waals surface area contributed by atoms with E-state index in [1.165, 1.54) is 0 Å². The van der Waals surface area contributed by atoms with Gasteiger partial charge in [0.1, 0.15) is 5.52 Å². The highest BCUT2D eigenvalue weighted by Gasteiger charge is 2.24. The molecule has 0 spiro atoms. The summed E-state index contributed by atoms with van der Waals surface area (Å²) in [5, 5.41) is 0. The number of aromatic nitrogens is 5. The van der Waals surface area contributed by atoms with E-state index in [4.69, 9.17) is 16.8 Å². The van der Waals surface area contributed by atoms with Gasteiger partial charge in [-0.3, -0.25) is 8.80 Å². The van der Waals surface area contributed by atoms with E-state index in [-0.39, 0.29) is 29.7 Å². The van der Waals surface area contributed by atoms with Gasteiger partial charge in [0.15, 0.2) is 0 Å². The third kappa shape index (κ3) is 1.78. The Morgan fingerprint density at radius 2 is 1.13 bits per heavy atom. The second-order valence-corrected chi connectivity index (χ2v) is 7.67. The lowest BCUT2D eigenvalue weighted by atomic mass is 10.0. The number of para-hydroxylation sites is 4. The SMILES string of the molecule is [2H]c1c([2H])c([2H])c(-c2cc3c4c(c2)n2c5ccccc5nc2n4c2nc4ccccc4n32)c([2H])c1[2H]. The van der Waals surface area contributed by atoms with Crippen LogP contribution >= 0.6 is 0 Å². The Morgan fingerprint density at radius 1 is 0.581 bits per heavy atom. The summed E-state index contributed by atoms with van der Waals surface area (Å²) in [5.74, 6) is 1.42. The molecule has 0 radical (unpaired) electrons. The summed E-state index contributed by atoms with van der Waals surface area (Å²) in [4.78, 5) is 9.83. The summed E-state index contributed by atoms with van der Waals surface area (Å²) in [6, 6.07) is 17.9. The Hall–Kier alpha value is -4.38. The van der Waals surface area contributed by atoms with E-state index in [2.05, 4.69) is 8.80 Å². The average molecular weight is 402 g/mol. The molecule has 0 aliphatic carbocycles. The van der Waals surface area contributed by atoms with Crippen molar-refractivity contribution in [1.82, 2.24) is 23.2 Å². The highest BCUT2D eigenvalue weighted by Crippen LogP contribution is 2.37. The average Bonchev–Trinajstić information content (AvgIpc) is 3.60. The van der Waals surface area contributed by atoms with Gasteiger partial charge in [-0.25, -0.2) is 14.4 Å². The van der Waals surface area contributed by atoms with Gasteiger partial charge >= 0.3 is 0 Å². The molecule has 0 aliphatic heterocycles. The van der Waals surface area contributed by atoms with Gasteiger partial charge in [-0.15, -0.1) is 0 Å². The van der Waals surface area contributed by atoms with Gasteiger partial charge in [-0.2, -0.15) is 0 Å². The summed E-state index contributed by atoms with van der Waals surface area (Å²) >= 11 is 0. The number of imidazole rings is 4. The van der Waals surface area contributed by atoms with Crippen molar-refractivity contribution in [3.63, 3.8) is 0 Å². The van der Waals surface area contributed by atoms with Crippen LogP contribution in [-0.2, 0) is 0 Å². The van der Waals surface area contributed by atoms with Gasteiger partial charge in [0.2, 0.25) is 11.6 Å². The second-order valence-electron chi connectivity index (χ2n) is 7.67. The minimum absolute atomic E-state index is 0.169. The predicted octanol–water partition coefficient (Wildman–Crippen LogP) is 5.80. The van der Waals surface area contributed by atoms with E-state index >= 15 is 0 Å². The standard InChI is InChI=1S/C26H15N5/c1-2-8-16(9-3-1)17-14-22-24-23(15-17)30-21-13-7-5-11-19(21)28-26(30)31(24)25-27-18-10-4-6-12-20(18)29(22)25/h1-15H/i1D,2D,3D,8D,9D. The van der Waals surface area contributed by atoms with Crippen LogP contribution in [0.15, 0.2) is 90.9 Å². The molecule has 0 bridgehead atoms. The molecular formula is C26H15N5. The monoisotopic (exact) mass is 402 g/mol. The molecular weight excluding hydrogens is 382 g/mol. The van der Waals surface area contributed by atoms with E-state index in [9.17, 15) is 0 Å². The Morgan fingerprint density at radius 3 is 1.71 bits per heavy atom. The molecule has 4 aromatic carbocycles. The van der Waals surface area contributed by atoms with Crippen LogP contribution in [0.25, 0.3) is 61.3 Å². The molecule has 0 saturated carbocycles. The zero-order valence-corrected chi connectivity index (χ0v) is 16.0. The molecule has 0 fully saturated rings. The van der Waals surface area contributed by atoms with Crippen molar-refractivity contribution in [2.24, 2.45) is 0 Å². The molecule has 5 heteroatoms. The Balaban J connectivity index is 1.66. The van der Waals surface area contributed by atoms with Gasteiger partial charge in [-0.1, -0.05) is 54.5 Å². The molecule has 0 unspecified atom stereocenters. The Kier molecular flexibility index (Phi) is 1.97. The van der Waals surface area contributed by atoms with E-state index in [1.54, 1.807) is 0 Å². The summed E-state index contributed by atoms with van der Waals surface area (Å²) in [6.45, 7) is 0. The first-order valence-electron chi connectivity index (χ1n) is 12.5. The van der Waals surface area contributed by atoms with Crippen LogP contribution in [0, 0.1) is 0 Å². The minimum atomic E-state index is -0.406. The van der Waals surface area contributed by atoms with Crippen molar-refractivity contribution in [2.75, 3.05) is 0 Å². The van der Waals surface area contributed by atoms with Gasteiger partial charge in [-0.05, 0) is 47.5 Å². The highest BCUT2D eigenvalue weighted by atomic mass is 15.3. The summed E-state index contributed by atoms with van der Waals surface area (Å²) in [5.41, 5.74) is 6.78. The van der Waals surface area contributed by atoms with Gasteiger partial charge in [0.05, 0.1) is 40.0 Å². The van der Waals surface area contributed by atoms with Crippen molar-refractivity contribution in [3.05, 3.63) is 90.9 Å². The number of nitrogens with zero attached hydrogens (tertiary/aromatic N) is 5. The molecule has 144 valence electrons. The van der Waals surface area contributed by atoms with Gasteiger partial charge in [0.25, 0.3) is 0 Å². The van der Waals surface area contributed by atoms with Gasteiger partial charge < -0.3 is 0 Å². The van der Waals surface area contributed by atoms with Crippen molar-refractivity contribution in [3.8, 4) is 11.1 Å². The van der Waals surface area contributed by atoms with Crippen molar-refractivity contribution in [1.29, 1.82) is 0 Å². The molecule has 0 aliphatic rings. The van der Waals surface area contributed by atoms with Crippen LogP contribution in [0.5, 0.6) is 0 Å². The summed E-state index contributed by atoms with van der Waals surface area (Å²) in [7, 11) is 0. The number of hydrogen-bond donors (Lipinski definition) is 0. The van der Waals surface area contributed by atoms with Crippen molar-refractivity contribution < 1.29 is 6.85 Å². The number of rotatable bonds is 1. The zero-order chi connectivity index (χ0) is 24.5. The topological polar surface area (TPSA) is 39.0 Å². The van der Waals surface area contributed by atoms with E-state index in [0.717, 1.165) is 38.6 Å². The van der Waals surface area contributed by atoms with Crippen LogP contribution in [0.2, 0.25) is 0 Å². The molecule has 5 nitrogen and oxygen atoms in total. The Bertz CT molecular complexity index is 2080. The molecule has 0 atom stereocenters. The molecule has 31 heavy (non-hydrogen) atoms. The smallest absolute Gasteiger partial charge is 0.223 e. The lowest BCUT2D eigenvalue weighted by Gasteiger charge is -2.04. The molecule has 8 rings (SSSR count). The summed E-state index contributed by atoms with van der Waals surface area (Å²) < 4.78 is 47.7. The van der Waals surface area contributed by atoms with Gasteiger partial charge in [0, 0.05) is 0 Å². The fraction of sp³-hybridized carbons (Fsp3) is 0. The van der Waals surface area contributed by atoms with Crippen LogP contribution in [0.1, 0.15) is 6.85 Å². The van der Waals surface area contributed by atoms with Crippen LogP contribution < -0.4 is 0 Å². The Labute approximate surface area is 182 Å². The van der Waals surface area contributed by atoms with Crippen LogP contribution in [-0.4, -0.2) is 23.2 Å². The third-order valence-corrected chi connectivity index (χ3v) is 6.05. The first-order chi connectivity index (χ1) is 17.5. The summed E-state index contributed by atoms with van der Waals surface area (Å²) in [6.07, 6.45) is 0. The maximum absolute atomic E-state index is 8.58. The lowest BCUT2D eigenvalue weighted by Crippen LogP contribution is -1.88. The minimum Gasteiger partial charge on any atom is -0.276 e. The largest absolute Gasteiger partial charge is 0.276 e. The van der Waals surface area contributed by atoms with E-state index in [0.29, 0.717) is 17.1 Å². The van der Waals surface area contributed by atoms with Crippen LogP contribution in [0.3, 0.4) is 0 Å². The normalized spacial score (nSPS) is 14.8. The fourth-order valence-corrected chi connectivity index (χ4v) is 4.80. The van der Waals surface area contributed by atoms with Crippen LogP contribution in [0.4, 0.5) is 0 Å². The van der Waals surface area contributed by atoms with Crippen molar-refractivity contribution >= 4 is 50.2 Å². The zero-order valence-electron chi connectivity index (χ0n) is 21.0. The van der Waals surface area contributed by atoms with Crippen molar-refractivity contribution in [2.45, 2.75) is 0 Å². The first kappa shape index (κ1) is 11.7. The first-order valence-corrected chi connectivity index (χ1v) is 9.97. The van der Waals surface area contributed by atoms with E-state index in [1.807, 2.05) is 65.1 Å². The molecule has 0 amide bonds. The van der Waals surface area contributed by atoms with E-state index < -0.39 is 6.04 Å². The predicted molar refractivity (Wildman–Crippen MR) is 124 cm³/mol. The molecule has 8 aromatic rings.